The molecule has 1 aromatic rings. The zero-order valence-electron chi connectivity index (χ0n) is 14.1. The Morgan fingerprint density at radius 1 is 1.15 bits per heavy atom. The summed E-state index contributed by atoms with van der Waals surface area (Å²) in [4.78, 5) is 21.8. The molecular formula is C16H20ClF3N4O2. The molecule has 0 radical (unpaired) electrons. The molecule has 3 heterocycles. The second kappa shape index (κ2) is 7.98. The molecule has 2 aliphatic rings. The number of halogens is 4. The molecule has 0 aromatic carbocycles. The zero-order chi connectivity index (χ0) is 18.7. The van der Waals surface area contributed by atoms with Crippen LogP contribution in [0.4, 0.5) is 19.0 Å². The van der Waals surface area contributed by atoms with Crippen molar-refractivity contribution in [2.24, 2.45) is 0 Å². The lowest BCUT2D eigenvalue weighted by Gasteiger charge is -2.36. The van der Waals surface area contributed by atoms with Gasteiger partial charge in [-0.15, -0.1) is 0 Å². The number of anilines is 1. The van der Waals surface area contributed by atoms with Crippen molar-refractivity contribution in [2.45, 2.75) is 6.18 Å². The number of alkyl halides is 3. The summed E-state index contributed by atoms with van der Waals surface area (Å²) in [7, 11) is 0. The molecule has 1 amide bonds. The number of ether oxygens (including phenoxy) is 1. The van der Waals surface area contributed by atoms with Crippen LogP contribution in [0.3, 0.4) is 0 Å². The lowest BCUT2D eigenvalue weighted by molar-refractivity contribution is -0.138. The van der Waals surface area contributed by atoms with Crippen LogP contribution < -0.4 is 4.90 Å². The number of aromatic nitrogens is 1. The smallest absolute Gasteiger partial charge is 0.378 e. The maximum Gasteiger partial charge on any atom is 0.417 e. The Hall–Kier alpha value is -1.58. The largest absolute Gasteiger partial charge is 0.417 e. The van der Waals surface area contributed by atoms with Gasteiger partial charge in [0.05, 0.1) is 30.3 Å². The fourth-order valence-electron chi connectivity index (χ4n) is 3.04. The topological polar surface area (TPSA) is 48.9 Å². The summed E-state index contributed by atoms with van der Waals surface area (Å²) in [6, 6.07) is 0.901. The van der Waals surface area contributed by atoms with E-state index in [9.17, 15) is 18.0 Å². The first-order chi connectivity index (χ1) is 12.3. The predicted molar refractivity (Wildman–Crippen MR) is 90.3 cm³/mol. The van der Waals surface area contributed by atoms with Gasteiger partial charge in [0.2, 0.25) is 5.91 Å². The highest BCUT2D eigenvalue weighted by molar-refractivity contribution is 6.33. The van der Waals surface area contributed by atoms with Gasteiger partial charge in [-0.25, -0.2) is 4.98 Å². The van der Waals surface area contributed by atoms with Crippen LogP contribution in [0, 0.1) is 0 Å². The van der Waals surface area contributed by atoms with Gasteiger partial charge < -0.3 is 14.5 Å². The lowest BCUT2D eigenvalue weighted by atomic mass is 10.2. The van der Waals surface area contributed by atoms with Crippen LogP contribution in [-0.2, 0) is 15.7 Å². The summed E-state index contributed by atoms with van der Waals surface area (Å²) < 4.78 is 43.4. The molecule has 6 nitrogen and oxygen atoms in total. The quantitative estimate of drug-likeness (QED) is 0.784. The van der Waals surface area contributed by atoms with Crippen molar-refractivity contribution in [1.29, 1.82) is 0 Å². The molecule has 0 spiro atoms. The number of nitrogens with zero attached hydrogens (tertiary/aromatic N) is 4. The Morgan fingerprint density at radius 3 is 2.38 bits per heavy atom. The van der Waals surface area contributed by atoms with E-state index < -0.39 is 11.7 Å². The van der Waals surface area contributed by atoms with Gasteiger partial charge >= 0.3 is 6.18 Å². The number of rotatable bonds is 3. The molecule has 2 saturated heterocycles. The van der Waals surface area contributed by atoms with Crippen LogP contribution in [0.1, 0.15) is 5.56 Å². The Morgan fingerprint density at radius 2 is 1.81 bits per heavy atom. The van der Waals surface area contributed by atoms with Crippen molar-refractivity contribution in [2.75, 3.05) is 63.9 Å². The molecule has 144 valence electrons. The van der Waals surface area contributed by atoms with Gasteiger partial charge in [-0.2, -0.15) is 13.2 Å². The normalized spacial score (nSPS) is 19.7. The average molecular weight is 393 g/mol. The molecule has 10 heteroatoms. The summed E-state index contributed by atoms with van der Waals surface area (Å²) in [5.74, 6) is 0.422. The van der Waals surface area contributed by atoms with E-state index in [0.29, 0.717) is 64.8 Å². The molecule has 0 bridgehead atoms. The van der Waals surface area contributed by atoms with Gasteiger partial charge in [0, 0.05) is 45.5 Å². The average Bonchev–Trinajstić information content (AvgIpc) is 2.62. The minimum atomic E-state index is -4.46. The van der Waals surface area contributed by atoms with Crippen molar-refractivity contribution < 1.29 is 22.7 Å². The zero-order valence-corrected chi connectivity index (χ0v) is 14.9. The number of piperazine rings is 1. The number of carbonyl (C=O) groups is 1. The standard InChI is InChI=1S/C16H20ClF3N4O2/c17-13-9-12(16(18,19)20)10-21-15(13)24-3-1-22(2-4-24)11-14(25)23-5-7-26-8-6-23/h9-10H,1-8,11H2. The highest BCUT2D eigenvalue weighted by atomic mass is 35.5. The first-order valence-electron chi connectivity index (χ1n) is 8.40. The summed E-state index contributed by atoms with van der Waals surface area (Å²) >= 11 is 6.00. The van der Waals surface area contributed by atoms with Gasteiger partial charge in [-0.1, -0.05) is 11.6 Å². The molecule has 0 unspecified atom stereocenters. The summed E-state index contributed by atoms with van der Waals surface area (Å²) in [5, 5.41) is -0.0160. The number of hydrogen-bond donors (Lipinski definition) is 0. The fraction of sp³-hybridized carbons (Fsp3) is 0.625. The molecule has 2 fully saturated rings. The van der Waals surface area contributed by atoms with Gasteiger partial charge in [0.15, 0.2) is 0 Å². The van der Waals surface area contributed by atoms with Crippen LogP contribution in [0.2, 0.25) is 5.02 Å². The Balaban J connectivity index is 1.54. The summed E-state index contributed by atoms with van der Waals surface area (Å²) in [6.07, 6.45) is -3.66. The lowest BCUT2D eigenvalue weighted by Crippen LogP contribution is -2.51. The maximum absolute atomic E-state index is 12.7. The van der Waals surface area contributed by atoms with Gasteiger partial charge in [-0.3, -0.25) is 9.69 Å². The highest BCUT2D eigenvalue weighted by Gasteiger charge is 2.32. The fourth-order valence-corrected chi connectivity index (χ4v) is 3.33. The van der Waals surface area contributed by atoms with E-state index >= 15 is 0 Å². The van der Waals surface area contributed by atoms with Crippen LogP contribution in [0.15, 0.2) is 12.3 Å². The highest BCUT2D eigenvalue weighted by Crippen LogP contribution is 2.33. The molecule has 2 aliphatic heterocycles. The predicted octanol–water partition coefficient (Wildman–Crippen LogP) is 1.73. The molecule has 3 rings (SSSR count). The maximum atomic E-state index is 12.7. The Bertz CT molecular complexity index is 645. The number of hydrogen-bond acceptors (Lipinski definition) is 5. The number of amides is 1. The van der Waals surface area contributed by atoms with E-state index in [4.69, 9.17) is 16.3 Å². The summed E-state index contributed by atoms with van der Waals surface area (Å²) in [6.45, 7) is 5.04. The van der Waals surface area contributed by atoms with E-state index in [0.717, 1.165) is 12.3 Å². The summed E-state index contributed by atoms with van der Waals surface area (Å²) in [5.41, 5.74) is -0.860. The Kier molecular flexibility index (Phi) is 5.89. The molecule has 26 heavy (non-hydrogen) atoms. The van der Waals surface area contributed by atoms with E-state index in [1.54, 1.807) is 4.90 Å². The SMILES string of the molecule is O=C(CN1CCN(c2ncc(C(F)(F)F)cc2Cl)CC1)N1CCOCC1. The third-order valence-electron chi connectivity index (χ3n) is 4.54. The second-order valence-corrected chi connectivity index (χ2v) is 6.69. The number of morpholine rings is 1. The monoisotopic (exact) mass is 392 g/mol. The van der Waals surface area contributed by atoms with Crippen molar-refractivity contribution in [3.05, 3.63) is 22.8 Å². The molecule has 0 N–H and O–H groups in total. The van der Waals surface area contributed by atoms with Crippen LogP contribution >= 0.6 is 11.6 Å². The Labute approximate surface area is 154 Å². The third kappa shape index (κ3) is 4.57. The van der Waals surface area contributed by atoms with Gasteiger partial charge in [0.1, 0.15) is 5.82 Å². The van der Waals surface area contributed by atoms with E-state index in [-0.39, 0.29) is 10.9 Å². The number of pyridine rings is 1. The van der Waals surface area contributed by atoms with Crippen molar-refractivity contribution >= 4 is 23.3 Å². The molecular weight excluding hydrogens is 373 g/mol. The third-order valence-corrected chi connectivity index (χ3v) is 4.82. The van der Waals surface area contributed by atoms with Crippen LogP contribution in [-0.4, -0.2) is 79.7 Å². The molecule has 0 aliphatic carbocycles. The number of carbonyl (C=O) groups excluding carboxylic acids is 1. The molecule has 0 atom stereocenters. The van der Waals surface area contributed by atoms with E-state index in [2.05, 4.69) is 4.98 Å². The minimum Gasteiger partial charge on any atom is -0.378 e. The first kappa shape index (κ1) is 19.2. The van der Waals surface area contributed by atoms with Crippen molar-refractivity contribution in [3.63, 3.8) is 0 Å². The van der Waals surface area contributed by atoms with Crippen LogP contribution in [0.25, 0.3) is 0 Å². The van der Waals surface area contributed by atoms with E-state index in [1.165, 1.54) is 0 Å². The molecule has 0 saturated carbocycles. The second-order valence-electron chi connectivity index (χ2n) is 6.28. The van der Waals surface area contributed by atoms with Gasteiger partial charge in [-0.05, 0) is 6.07 Å². The first-order valence-corrected chi connectivity index (χ1v) is 8.78. The minimum absolute atomic E-state index is 0.0160. The van der Waals surface area contributed by atoms with E-state index in [1.807, 2.05) is 9.80 Å². The van der Waals surface area contributed by atoms with Crippen LogP contribution in [0.5, 0.6) is 0 Å². The van der Waals surface area contributed by atoms with Crippen molar-refractivity contribution in [3.8, 4) is 0 Å². The van der Waals surface area contributed by atoms with Crippen molar-refractivity contribution in [1.82, 2.24) is 14.8 Å². The molecule has 1 aromatic heterocycles. The van der Waals surface area contributed by atoms with Gasteiger partial charge in [0.25, 0.3) is 0 Å².